The normalized spacial score (nSPS) is 15.3. The smallest absolute Gasteiger partial charge is 0.244 e. The van der Waals surface area contributed by atoms with Crippen molar-refractivity contribution in [2.75, 3.05) is 6.54 Å². The van der Waals surface area contributed by atoms with Crippen LogP contribution < -0.4 is 10.1 Å². The SMILES string of the molecule is CC(=O)c1ccc(-c2cc(Cl)c3c(c2)CC(CNC(=O)/C=C/c2cc[nH]c2)O3)s1. The Bertz CT molecular complexity index is 1090. The number of hydrogen-bond donors (Lipinski definition) is 2. The summed E-state index contributed by atoms with van der Waals surface area (Å²) in [6.45, 7) is 1.95. The fraction of sp³-hybridized carbons (Fsp3) is 0.182. The van der Waals surface area contributed by atoms with Crippen molar-refractivity contribution in [3.63, 3.8) is 0 Å². The van der Waals surface area contributed by atoms with Crippen LogP contribution in [0.1, 0.15) is 27.7 Å². The van der Waals surface area contributed by atoms with Crippen LogP contribution in [0.4, 0.5) is 0 Å². The van der Waals surface area contributed by atoms with Crippen LogP contribution in [0.5, 0.6) is 5.75 Å². The first kappa shape index (κ1) is 19.5. The molecule has 3 aromatic rings. The number of ether oxygens (including phenoxy) is 1. The van der Waals surface area contributed by atoms with Crippen molar-refractivity contribution in [2.45, 2.75) is 19.4 Å². The second kappa shape index (κ2) is 8.27. The van der Waals surface area contributed by atoms with Gasteiger partial charge in [0, 0.05) is 35.3 Å². The van der Waals surface area contributed by atoms with Gasteiger partial charge in [-0.2, -0.15) is 0 Å². The van der Waals surface area contributed by atoms with E-state index >= 15 is 0 Å². The zero-order valence-corrected chi connectivity index (χ0v) is 17.3. The summed E-state index contributed by atoms with van der Waals surface area (Å²) in [5, 5.41) is 3.40. The Kier molecular flexibility index (Phi) is 5.56. The van der Waals surface area contributed by atoms with Crippen molar-refractivity contribution < 1.29 is 14.3 Å². The fourth-order valence-corrected chi connectivity index (χ4v) is 4.38. The van der Waals surface area contributed by atoms with E-state index in [1.807, 2.05) is 36.5 Å². The number of aromatic amines is 1. The lowest BCUT2D eigenvalue weighted by atomic mass is 10.1. The molecule has 29 heavy (non-hydrogen) atoms. The fourth-order valence-electron chi connectivity index (χ4n) is 3.21. The van der Waals surface area contributed by atoms with E-state index in [1.165, 1.54) is 17.4 Å². The number of thiophene rings is 1. The van der Waals surface area contributed by atoms with Crippen molar-refractivity contribution in [1.82, 2.24) is 10.3 Å². The summed E-state index contributed by atoms with van der Waals surface area (Å²) in [5.74, 6) is 0.548. The highest BCUT2D eigenvalue weighted by Gasteiger charge is 2.26. The first-order valence-corrected chi connectivity index (χ1v) is 10.4. The molecule has 0 saturated heterocycles. The number of amides is 1. The van der Waals surface area contributed by atoms with E-state index in [2.05, 4.69) is 10.3 Å². The van der Waals surface area contributed by atoms with Gasteiger partial charge < -0.3 is 15.0 Å². The number of halogens is 1. The van der Waals surface area contributed by atoms with Crippen LogP contribution in [0.25, 0.3) is 16.5 Å². The second-order valence-corrected chi connectivity index (χ2v) is 8.32. The Labute approximate surface area is 177 Å². The molecule has 1 unspecified atom stereocenters. The molecule has 0 spiro atoms. The van der Waals surface area contributed by atoms with Gasteiger partial charge in [-0.05, 0) is 54.5 Å². The molecule has 1 atom stereocenters. The van der Waals surface area contributed by atoms with Crippen LogP contribution in [-0.2, 0) is 11.2 Å². The summed E-state index contributed by atoms with van der Waals surface area (Å²) < 4.78 is 5.95. The summed E-state index contributed by atoms with van der Waals surface area (Å²) in [5.41, 5.74) is 2.91. The van der Waals surface area contributed by atoms with Crippen molar-refractivity contribution >= 4 is 40.7 Å². The van der Waals surface area contributed by atoms with E-state index in [9.17, 15) is 9.59 Å². The molecule has 2 N–H and O–H groups in total. The first-order chi connectivity index (χ1) is 14.0. The molecule has 3 heterocycles. The van der Waals surface area contributed by atoms with Gasteiger partial charge in [0.2, 0.25) is 5.91 Å². The quantitative estimate of drug-likeness (QED) is 0.442. The van der Waals surface area contributed by atoms with Gasteiger partial charge >= 0.3 is 0 Å². The Morgan fingerprint density at radius 2 is 2.21 bits per heavy atom. The molecule has 2 aromatic heterocycles. The number of rotatable bonds is 6. The largest absolute Gasteiger partial charge is 0.486 e. The lowest BCUT2D eigenvalue weighted by Crippen LogP contribution is -2.33. The van der Waals surface area contributed by atoms with E-state index in [4.69, 9.17) is 16.3 Å². The van der Waals surface area contributed by atoms with E-state index in [-0.39, 0.29) is 17.8 Å². The predicted octanol–water partition coefficient (Wildman–Crippen LogP) is 4.73. The number of aromatic nitrogens is 1. The Morgan fingerprint density at radius 1 is 1.34 bits per heavy atom. The van der Waals surface area contributed by atoms with Crippen molar-refractivity contribution in [2.24, 2.45) is 0 Å². The lowest BCUT2D eigenvalue weighted by Gasteiger charge is -2.11. The van der Waals surface area contributed by atoms with Gasteiger partial charge in [-0.15, -0.1) is 11.3 Å². The third kappa shape index (κ3) is 4.44. The minimum Gasteiger partial charge on any atom is -0.486 e. The van der Waals surface area contributed by atoms with E-state index < -0.39 is 0 Å². The van der Waals surface area contributed by atoms with Gasteiger partial charge in [-0.25, -0.2) is 0 Å². The number of carbonyl (C=O) groups excluding carboxylic acids is 2. The summed E-state index contributed by atoms with van der Waals surface area (Å²) in [6, 6.07) is 9.55. The van der Waals surface area contributed by atoms with Crippen LogP contribution in [0.3, 0.4) is 0 Å². The highest BCUT2D eigenvalue weighted by molar-refractivity contribution is 7.17. The van der Waals surface area contributed by atoms with Gasteiger partial charge in [-0.1, -0.05) is 11.6 Å². The zero-order chi connectivity index (χ0) is 20.4. The predicted molar refractivity (Wildman–Crippen MR) is 116 cm³/mol. The molecule has 0 saturated carbocycles. The molecule has 0 bridgehead atoms. The molecule has 7 heteroatoms. The van der Waals surface area contributed by atoms with Crippen molar-refractivity contribution in [1.29, 1.82) is 0 Å². The van der Waals surface area contributed by atoms with E-state index in [1.54, 1.807) is 19.2 Å². The topological polar surface area (TPSA) is 71.2 Å². The second-order valence-electron chi connectivity index (χ2n) is 6.83. The number of nitrogens with one attached hydrogen (secondary N) is 2. The minimum atomic E-state index is -0.173. The van der Waals surface area contributed by atoms with E-state index in [0.29, 0.717) is 23.7 Å². The number of H-pyrrole nitrogens is 1. The standard InChI is InChI=1S/C22H19ClN2O3S/c1-13(26)19-3-4-20(29-19)15-8-16-9-17(28-22(16)18(23)10-15)12-25-21(27)5-2-14-6-7-24-11-14/h2-8,10-11,17,24H,9,12H2,1H3,(H,25,27)/b5-2+. The van der Waals surface area contributed by atoms with Gasteiger partial charge in [0.15, 0.2) is 5.78 Å². The zero-order valence-electron chi connectivity index (χ0n) is 15.7. The Balaban J connectivity index is 1.40. The molecule has 1 amide bonds. The van der Waals surface area contributed by atoms with Crippen LogP contribution >= 0.6 is 22.9 Å². The number of carbonyl (C=O) groups is 2. The average Bonchev–Trinajstić information content (AvgIpc) is 3.44. The molecule has 1 aliphatic rings. The maximum absolute atomic E-state index is 12.0. The molecule has 0 radical (unpaired) electrons. The van der Waals surface area contributed by atoms with Crippen LogP contribution in [0.15, 0.2) is 48.8 Å². The molecule has 0 fully saturated rings. The number of benzene rings is 1. The molecule has 5 nitrogen and oxygen atoms in total. The third-order valence-electron chi connectivity index (χ3n) is 4.64. The van der Waals surface area contributed by atoms with Crippen LogP contribution in [0.2, 0.25) is 5.02 Å². The van der Waals surface area contributed by atoms with Crippen LogP contribution in [0, 0.1) is 0 Å². The Morgan fingerprint density at radius 3 is 2.93 bits per heavy atom. The third-order valence-corrected chi connectivity index (χ3v) is 6.16. The maximum Gasteiger partial charge on any atom is 0.244 e. The number of fused-ring (bicyclic) bond motifs is 1. The van der Waals surface area contributed by atoms with Gasteiger partial charge in [0.25, 0.3) is 0 Å². The number of ketones is 1. The van der Waals surface area contributed by atoms with Crippen molar-refractivity contribution in [3.8, 4) is 16.2 Å². The van der Waals surface area contributed by atoms with Gasteiger partial charge in [-0.3, -0.25) is 9.59 Å². The number of Topliss-reactive ketones (excluding diaryl/α,β-unsaturated/α-hetero) is 1. The highest BCUT2D eigenvalue weighted by Crippen LogP contribution is 2.41. The Hall–Kier alpha value is -2.83. The summed E-state index contributed by atoms with van der Waals surface area (Å²) in [7, 11) is 0. The van der Waals surface area contributed by atoms with Crippen LogP contribution in [-0.4, -0.2) is 29.3 Å². The molecular weight excluding hydrogens is 408 g/mol. The molecule has 1 aromatic carbocycles. The summed E-state index contributed by atoms with van der Waals surface area (Å²) in [4.78, 5) is 28.2. The average molecular weight is 427 g/mol. The van der Waals surface area contributed by atoms with Crippen molar-refractivity contribution in [3.05, 3.63) is 69.8 Å². The molecule has 4 rings (SSSR count). The minimum absolute atomic E-state index is 0.0539. The molecule has 148 valence electrons. The summed E-state index contributed by atoms with van der Waals surface area (Å²) >= 11 is 7.89. The van der Waals surface area contributed by atoms with Gasteiger partial charge in [0.05, 0.1) is 16.4 Å². The lowest BCUT2D eigenvalue weighted by molar-refractivity contribution is -0.116. The van der Waals surface area contributed by atoms with E-state index in [0.717, 1.165) is 26.4 Å². The first-order valence-electron chi connectivity index (χ1n) is 9.18. The number of hydrogen-bond acceptors (Lipinski definition) is 4. The monoisotopic (exact) mass is 426 g/mol. The molecule has 0 aliphatic carbocycles. The maximum atomic E-state index is 12.0. The highest BCUT2D eigenvalue weighted by atomic mass is 35.5. The molecular formula is C22H19ClN2O3S. The van der Waals surface area contributed by atoms with Gasteiger partial charge in [0.1, 0.15) is 11.9 Å². The molecule has 1 aliphatic heterocycles. The summed E-state index contributed by atoms with van der Waals surface area (Å²) in [6.07, 6.45) is 7.35.